The number of nitrogens with two attached hydrogens (primary N) is 1. The molecule has 0 saturated heterocycles. The van der Waals surface area contributed by atoms with E-state index in [9.17, 15) is 0 Å². The monoisotopic (exact) mass is 274 g/mol. The Morgan fingerprint density at radius 3 is 2.79 bits per heavy atom. The second kappa shape index (κ2) is 4.74. The number of hydrogen-bond acceptors (Lipinski definition) is 5. The van der Waals surface area contributed by atoms with Crippen LogP contribution in [0.3, 0.4) is 0 Å². The molecule has 2 heterocycles. The molecule has 0 spiro atoms. The standard InChI is InChI=1S/C13H10N2O3S/c14-13(19)8-1-4-12(15-6-8)18-9-2-3-10-11(5-9)17-7-16-10/h1-6H,7H2,(H2,14,19). The molecule has 0 saturated carbocycles. The SMILES string of the molecule is NC(=S)c1ccc(Oc2ccc3c(c2)OCO3)nc1. The highest BCUT2D eigenvalue weighted by Crippen LogP contribution is 2.36. The van der Waals surface area contributed by atoms with Crippen LogP contribution in [0.1, 0.15) is 5.56 Å². The van der Waals surface area contributed by atoms with E-state index < -0.39 is 0 Å². The van der Waals surface area contributed by atoms with Crippen molar-refractivity contribution in [1.29, 1.82) is 0 Å². The van der Waals surface area contributed by atoms with E-state index in [0.29, 0.717) is 33.7 Å². The normalized spacial score (nSPS) is 12.2. The maximum Gasteiger partial charge on any atom is 0.231 e. The number of aromatic nitrogens is 1. The second-order valence-corrected chi connectivity index (χ2v) is 4.31. The summed E-state index contributed by atoms with van der Waals surface area (Å²) in [6.45, 7) is 0.236. The number of rotatable bonds is 3. The molecule has 1 aromatic heterocycles. The van der Waals surface area contributed by atoms with E-state index in [1.165, 1.54) is 0 Å². The lowest BCUT2D eigenvalue weighted by atomic mass is 10.3. The maximum absolute atomic E-state index is 5.61. The fourth-order valence-electron chi connectivity index (χ4n) is 1.65. The molecular formula is C13H10N2O3S. The summed E-state index contributed by atoms with van der Waals surface area (Å²) in [7, 11) is 0. The van der Waals surface area contributed by atoms with Crippen molar-refractivity contribution in [1.82, 2.24) is 4.98 Å². The predicted molar refractivity (Wildman–Crippen MR) is 72.8 cm³/mol. The molecular weight excluding hydrogens is 264 g/mol. The van der Waals surface area contributed by atoms with Gasteiger partial charge in [-0.2, -0.15) is 0 Å². The van der Waals surface area contributed by atoms with Gasteiger partial charge in [0.1, 0.15) is 10.7 Å². The fraction of sp³-hybridized carbons (Fsp3) is 0.0769. The Morgan fingerprint density at radius 1 is 1.21 bits per heavy atom. The Bertz CT molecular complexity index is 628. The highest BCUT2D eigenvalue weighted by Gasteiger charge is 2.14. The van der Waals surface area contributed by atoms with Gasteiger partial charge in [-0.25, -0.2) is 4.98 Å². The molecule has 0 amide bonds. The van der Waals surface area contributed by atoms with Crippen molar-refractivity contribution in [3.05, 3.63) is 42.1 Å². The highest BCUT2D eigenvalue weighted by atomic mass is 32.1. The molecule has 96 valence electrons. The van der Waals surface area contributed by atoms with Gasteiger partial charge in [0, 0.05) is 23.9 Å². The number of ether oxygens (including phenoxy) is 3. The Hall–Kier alpha value is -2.34. The summed E-state index contributed by atoms with van der Waals surface area (Å²) in [6, 6.07) is 8.81. The Balaban J connectivity index is 1.79. The molecule has 0 atom stereocenters. The molecule has 1 aromatic carbocycles. The zero-order valence-corrected chi connectivity index (χ0v) is 10.6. The summed E-state index contributed by atoms with van der Waals surface area (Å²) < 4.78 is 16.1. The van der Waals surface area contributed by atoms with Crippen molar-refractivity contribution >= 4 is 17.2 Å². The van der Waals surface area contributed by atoms with Crippen molar-refractivity contribution in [2.24, 2.45) is 5.73 Å². The number of hydrogen-bond donors (Lipinski definition) is 1. The molecule has 0 bridgehead atoms. The first-order valence-corrected chi connectivity index (χ1v) is 5.96. The third-order valence-electron chi connectivity index (χ3n) is 2.59. The summed E-state index contributed by atoms with van der Waals surface area (Å²) >= 11 is 4.86. The Morgan fingerprint density at radius 2 is 2.05 bits per heavy atom. The number of nitrogens with zero attached hydrogens (tertiary/aromatic N) is 1. The van der Waals surface area contributed by atoms with E-state index in [1.807, 2.05) is 0 Å². The van der Waals surface area contributed by atoms with Crippen molar-refractivity contribution in [2.75, 3.05) is 6.79 Å². The molecule has 1 aliphatic heterocycles. The molecule has 2 N–H and O–H groups in total. The number of benzene rings is 1. The van der Waals surface area contributed by atoms with Crippen LogP contribution in [0.25, 0.3) is 0 Å². The zero-order valence-electron chi connectivity index (χ0n) is 9.83. The van der Waals surface area contributed by atoms with Gasteiger partial charge in [-0.05, 0) is 18.2 Å². The van der Waals surface area contributed by atoms with Crippen molar-refractivity contribution in [3.8, 4) is 23.1 Å². The van der Waals surface area contributed by atoms with Gasteiger partial charge in [-0.15, -0.1) is 0 Å². The summed E-state index contributed by atoms with van der Waals surface area (Å²) in [5.74, 6) is 2.46. The molecule has 0 fully saturated rings. The minimum atomic E-state index is 0.236. The maximum atomic E-state index is 5.61. The van der Waals surface area contributed by atoms with E-state index in [1.54, 1.807) is 36.5 Å². The first kappa shape index (κ1) is 11.7. The molecule has 0 radical (unpaired) electrons. The van der Waals surface area contributed by atoms with Crippen LogP contribution in [-0.4, -0.2) is 16.8 Å². The largest absolute Gasteiger partial charge is 0.454 e. The van der Waals surface area contributed by atoms with Crippen LogP contribution < -0.4 is 19.9 Å². The Labute approximate surface area is 114 Å². The lowest BCUT2D eigenvalue weighted by molar-refractivity contribution is 0.174. The smallest absolute Gasteiger partial charge is 0.231 e. The predicted octanol–water partition coefficient (Wildman–Crippen LogP) is 2.24. The zero-order chi connectivity index (χ0) is 13.2. The van der Waals surface area contributed by atoms with Gasteiger partial charge in [-0.3, -0.25) is 0 Å². The van der Waals surface area contributed by atoms with Crippen LogP contribution in [0.2, 0.25) is 0 Å². The summed E-state index contributed by atoms with van der Waals surface area (Å²) in [5.41, 5.74) is 6.20. The molecule has 1 aliphatic rings. The molecule has 0 unspecified atom stereocenters. The van der Waals surface area contributed by atoms with Crippen LogP contribution in [0.5, 0.6) is 23.1 Å². The van der Waals surface area contributed by atoms with E-state index in [-0.39, 0.29) is 6.79 Å². The van der Waals surface area contributed by atoms with Gasteiger partial charge in [0.15, 0.2) is 11.5 Å². The van der Waals surface area contributed by atoms with E-state index in [4.69, 9.17) is 32.2 Å². The summed E-state index contributed by atoms with van der Waals surface area (Å²) in [6.07, 6.45) is 1.57. The topological polar surface area (TPSA) is 66.6 Å². The molecule has 0 aliphatic carbocycles. The van der Waals surface area contributed by atoms with Crippen molar-refractivity contribution in [3.63, 3.8) is 0 Å². The van der Waals surface area contributed by atoms with Crippen molar-refractivity contribution < 1.29 is 14.2 Å². The third kappa shape index (κ3) is 2.43. The van der Waals surface area contributed by atoms with Gasteiger partial charge in [0.05, 0.1) is 0 Å². The van der Waals surface area contributed by atoms with E-state index in [0.717, 1.165) is 0 Å². The van der Waals surface area contributed by atoms with Crippen LogP contribution in [0.15, 0.2) is 36.5 Å². The van der Waals surface area contributed by atoms with Crippen LogP contribution in [0, 0.1) is 0 Å². The van der Waals surface area contributed by atoms with Gasteiger partial charge in [0.2, 0.25) is 12.7 Å². The first-order chi connectivity index (χ1) is 9.22. The minimum absolute atomic E-state index is 0.236. The molecule has 5 nitrogen and oxygen atoms in total. The second-order valence-electron chi connectivity index (χ2n) is 3.87. The van der Waals surface area contributed by atoms with E-state index >= 15 is 0 Å². The van der Waals surface area contributed by atoms with Crippen LogP contribution in [-0.2, 0) is 0 Å². The molecule has 19 heavy (non-hydrogen) atoms. The van der Waals surface area contributed by atoms with Gasteiger partial charge in [-0.1, -0.05) is 12.2 Å². The van der Waals surface area contributed by atoms with Crippen LogP contribution >= 0.6 is 12.2 Å². The van der Waals surface area contributed by atoms with Crippen molar-refractivity contribution in [2.45, 2.75) is 0 Å². The summed E-state index contributed by atoms with van der Waals surface area (Å²) in [5, 5.41) is 0. The number of fused-ring (bicyclic) bond motifs is 1. The van der Waals surface area contributed by atoms with Gasteiger partial charge >= 0.3 is 0 Å². The molecule has 6 heteroatoms. The third-order valence-corrected chi connectivity index (χ3v) is 2.82. The van der Waals surface area contributed by atoms with E-state index in [2.05, 4.69) is 4.98 Å². The van der Waals surface area contributed by atoms with Gasteiger partial charge < -0.3 is 19.9 Å². The Kier molecular flexibility index (Phi) is 2.92. The fourth-order valence-corrected chi connectivity index (χ4v) is 1.77. The molecule has 2 aromatic rings. The average molecular weight is 274 g/mol. The first-order valence-electron chi connectivity index (χ1n) is 5.56. The lowest BCUT2D eigenvalue weighted by Crippen LogP contribution is -2.09. The number of pyridine rings is 1. The van der Waals surface area contributed by atoms with Crippen LogP contribution in [0.4, 0.5) is 0 Å². The van der Waals surface area contributed by atoms with Gasteiger partial charge in [0.25, 0.3) is 0 Å². The minimum Gasteiger partial charge on any atom is -0.454 e. The quantitative estimate of drug-likeness (QED) is 0.866. The number of thiocarbonyl (C=S) groups is 1. The summed E-state index contributed by atoms with van der Waals surface area (Å²) in [4.78, 5) is 4.43. The lowest BCUT2D eigenvalue weighted by Gasteiger charge is -2.06. The average Bonchev–Trinajstić information content (AvgIpc) is 2.87. The molecule has 3 rings (SSSR count). The highest BCUT2D eigenvalue weighted by molar-refractivity contribution is 7.80.